The second-order valence-corrected chi connectivity index (χ2v) is 10.3. The summed E-state index contributed by atoms with van der Waals surface area (Å²) in [7, 11) is 0. The van der Waals surface area contributed by atoms with Crippen molar-refractivity contribution >= 4 is 23.2 Å². The average Bonchev–Trinajstić information content (AvgIpc) is 3.66. The van der Waals surface area contributed by atoms with Gasteiger partial charge in [0.15, 0.2) is 0 Å². The van der Waals surface area contributed by atoms with Gasteiger partial charge >= 0.3 is 0 Å². The number of hydrogen-bond acceptors (Lipinski definition) is 7. The Labute approximate surface area is 208 Å². The van der Waals surface area contributed by atoms with E-state index in [2.05, 4.69) is 20.7 Å². The molecule has 184 valence electrons. The first kappa shape index (κ1) is 23.5. The van der Waals surface area contributed by atoms with Gasteiger partial charge < -0.3 is 15.3 Å². The molecule has 0 bridgehead atoms. The number of benzene rings is 1. The Morgan fingerprint density at radius 2 is 1.80 bits per heavy atom. The van der Waals surface area contributed by atoms with Crippen LogP contribution in [0.5, 0.6) is 5.75 Å². The first-order valence-electron chi connectivity index (χ1n) is 12.3. The topological polar surface area (TPSA) is 113 Å². The third-order valence-electron chi connectivity index (χ3n) is 6.91. The van der Waals surface area contributed by atoms with Gasteiger partial charge in [-0.1, -0.05) is 43.9 Å². The van der Waals surface area contributed by atoms with Crippen LogP contribution in [0.25, 0.3) is 10.7 Å². The summed E-state index contributed by atoms with van der Waals surface area (Å²) in [5, 5.41) is 27.6. The summed E-state index contributed by atoms with van der Waals surface area (Å²) in [6.45, 7) is -0.0971. The molecule has 9 nitrogen and oxygen atoms in total. The standard InChI is InChI=1S/C25H30N6O3S/c32-20-13-11-17(12-14-20)23(25(34)26-18-6-1-2-7-18)31(19-8-3-4-9-19)22(33)16-30-28-24(27-29-30)21-10-5-15-35-21/h5,10-15,18-19,23,32H,1-4,6-9,16H2,(H,26,34)/t23-/m1/s1. The van der Waals surface area contributed by atoms with Crippen molar-refractivity contribution in [2.75, 3.05) is 0 Å². The number of phenols is 1. The first-order chi connectivity index (χ1) is 17.1. The number of rotatable bonds is 8. The summed E-state index contributed by atoms with van der Waals surface area (Å²) >= 11 is 1.51. The number of nitrogens with zero attached hydrogens (tertiary/aromatic N) is 5. The van der Waals surface area contributed by atoms with Gasteiger partial charge in [-0.25, -0.2) is 0 Å². The maximum Gasteiger partial charge on any atom is 0.247 e. The fourth-order valence-corrected chi connectivity index (χ4v) is 5.85. The van der Waals surface area contributed by atoms with Crippen molar-refractivity contribution in [2.24, 2.45) is 0 Å². The van der Waals surface area contributed by atoms with Gasteiger partial charge in [-0.15, -0.1) is 21.5 Å². The smallest absolute Gasteiger partial charge is 0.247 e. The van der Waals surface area contributed by atoms with Gasteiger partial charge in [-0.2, -0.15) is 4.80 Å². The number of carbonyl (C=O) groups excluding carboxylic acids is 2. The maximum atomic E-state index is 13.8. The summed E-state index contributed by atoms with van der Waals surface area (Å²) in [6.07, 6.45) is 7.86. The lowest BCUT2D eigenvalue weighted by atomic mass is 10.00. The summed E-state index contributed by atoms with van der Waals surface area (Å²) in [5.41, 5.74) is 0.685. The largest absolute Gasteiger partial charge is 0.508 e. The predicted octanol–water partition coefficient (Wildman–Crippen LogP) is 3.68. The Hall–Kier alpha value is -3.27. The van der Waals surface area contributed by atoms with Crippen LogP contribution < -0.4 is 5.32 Å². The molecule has 10 heteroatoms. The van der Waals surface area contributed by atoms with E-state index in [1.54, 1.807) is 29.2 Å². The van der Waals surface area contributed by atoms with Crippen LogP contribution in [0, 0.1) is 0 Å². The molecular formula is C25H30N6O3S. The van der Waals surface area contributed by atoms with E-state index in [0.29, 0.717) is 11.4 Å². The van der Waals surface area contributed by atoms with Gasteiger partial charge in [0.1, 0.15) is 18.3 Å². The number of thiophene rings is 1. The van der Waals surface area contributed by atoms with Crippen molar-refractivity contribution in [1.82, 2.24) is 30.4 Å². The van der Waals surface area contributed by atoms with Gasteiger partial charge in [0.05, 0.1) is 4.88 Å². The third-order valence-corrected chi connectivity index (χ3v) is 7.78. The molecule has 2 saturated carbocycles. The van der Waals surface area contributed by atoms with E-state index in [1.165, 1.54) is 16.1 Å². The van der Waals surface area contributed by atoms with Gasteiger partial charge in [0.2, 0.25) is 17.6 Å². The first-order valence-corrected chi connectivity index (χ1v) is 13.2. The zero-order chi connectivity index (χ0) is 24.2. The highest BCUT2D eigenvalue weighted by atomic mass is 32.1. The monoisotopic (exact) mass is 494 g/mol. The van der Waals surface area contributed by atoms with Gasteiger partial charge in [-0.3, -0.25) is 9.59 Å². The molecule has 2 heterocycles. The average molecular weight is 495 g/mol. The van der Waals surface area contributed by atoms with Crippen LogP contribution >= 0.6 is 11.3 Å². The fraction of sp³-hybridized carbons (Fsp3) is 0.480. The number of tetrazole rings is 1. The highest BCUT2D eigenvalue weighted by Gasteiger charge is 2.38. The number of nitrogens with one attached hydrogen (secondary N) is 1. The predicted molar refractivity (Wildman–Crippen MR) is 131 cm³/mol. The number of hydrogen-bond donors (Lipinski definition) is 2. The molecule has 35 heavy (non-hydrogen) atoms. The molecule has 2 fully saturated rings. The summed E-state index contributed by atoms with van der Waals surface area (Å²) in [6, 6.07) is 9.71. The molecule has 2 N–H and O–H groups in total. The van der Waals surface area contributed by atoms with Crippen molar-refractivity contribution in [2.45, 2.75) is 76.0 Å². The molecule has 5 rings (SSSR count). The van der Waals surface area contributed by atoms with E-state index >= 15 is 0 Å². The molecule has 2 aliphatic carbocycles. The molecule has 2 aromatic heterocycles. The number of amides is 2. The molecule has 3 aromatic rings. The van der Waals surface area contributed by atoms with Crippen LogP contribution in [0.1, 0.15) is 63.0 Å². The van der Waals surface area contributed by atoms with Crippen molar-refractivity contribution in [3.8, 4) is 16.5 Å². The van der Waals surface area contributed by atoms with Crippen molar-refractivity contribution in [3.63, 3.8) is 0 Å². The van der Waals surface area contributed by atoms with Crippen molar-refractivity contribution in [1.29, 1.82) is 0 Å². The molecule has 1 aromatic carbocycles. The quantitative estimate of drug-likeness (QED) is 0.494. The Morgan fingerprint density at radius 3 is 2.49 bits per heavy atom. The van der Waals surface area contributed by atoms with Gasteiger partial charge in [-0.05, 0) is 60.0 Å². The van der Waals surface area contributed by atoms with Crippen LogP contribution in [0.3, 0.4) is 0 Å². The SMILES string of the molecule is O=C(NC1CCCC1)[C@@H](c1ccc(O)cc1)N(C(=O)Cn1nnc(-c2cccs2)n1)C1CCCC1. The Kier molecular flexibility index (Phi) is 7.08. The third kappa shape index (κ3) is 5.37. The molecule has 0 saturated heterocycles. The maximum absolute atomic E-state index is 13.8. The number of aromatic hydroxyl groups is 1. The minimum atomic E-state index is -0.785. The van der Waals surface area contributed by atoms with Crippen molar-refractivity contribution in [3.05, 3.63) is 47.3 Å². The Morgan fingerprint density at radius 1 is 1.09 bits per heavy atom. The zero-order valence-corrected chi connectivity index (χ0v) is 20.4. The van der Waals surface area contributed by atoms with Crippen LogP contribution in [0.2, 0.25) is 0 Å². The van der Waals surface area contributed by atoms with Crippen LogP contribution in [-0.4, -0.2) is 54.1 Å². The molecule has 2 amide bonds. The Bertz CT molecular complexity index is 1130. The molecule has 0 spiro atoms. The highest BCUT2D eigenvalue weighted by molar-refractivity contribution is 7.13. The molecule has 0 radical (unpaired) electrons. The summed E-state index contributed by atoms with van der Waals surface area (Å²) < 4.78 is 0. The normalized spacial score (nSPS) is 17.5. The molecule has 0 unspecified atom stereocenters. The minimum Gasteiger partial charge on any atom is -0.508 e. The zero-order valence-electron chi connectivity index (χ0n) is 19.5. The lowest BCUT2D eigenvalue weighted by Crippen LogP contribution is -2.50. The lowest BCUT2D eigenvalue weighted by molar-refractivity contribution is -0.144. The minimum absolute atomic E-state index is 0.0454. The molecular weight excluding hydrogens is 464 g/mol. The van der Waals surface area contributed by atoms with Gasteiger partial charge in [0.25, 0.3) is 0 Å². The number of carbonyl (C=O) groups is 2. The van der Waals surface area contributed by atoms with Crippen LogP contribution in [-0.2, 0) is 16.1 Å². The number of phenolic OH excluding ortho intramolecular Hbond substituents is 1. The summed E-state index contributed by atoms with van der Waals surface area (Å²) in [5.74, 6) is 0.213. The fourth-order valence-electron chi connectivity index (χ4n) is 5.20. The molecule has 2 aliphatic rings. The second-order valence-electron chi connectivity index (χ2n) is 9.34. The number of aromatic nitrogens is 4. The Balaban J connectivity index is 1.44. The van der Waals surface area contributed by atoms with E-state index < -0.39 is 6.04 Å². The van der Waals surface area contributed by atoms with E-state index in [0.717, 1.165) is 56.2 Å². The lowest BCUT2D eigenvalue weighted by Gasteiger charge is -2.36. The van der Waals surface area contributed by atoms with Crippen LogP contribution in [0.4, 0.5) is 0 Å². The molecule has 1 atom stereocenters. The van der Waals surface area contributed by atoms with E-state index in [-0.39, 0.29) is 36.2 Å². The van der Waals surface area contributed by atoms with Crippen LogP contribution in [0.15, 0.2) is 41.8 Å². The van der Waals surface area contributed by atoms with E-state index in [9.17, 15) is 14.7 Å². The second kappa shape index (κ2) is 10.6. The summed E-state index contributed by atoms with van der Waals surface area (Å²) in [4.78, 5) is 31.4. The highest BCUT2D eigenvalue weighted by Crippen LogP contribution is 2.33. The van der Waals surface area contributed by atoms with Crippen molar-refractivity contribution < 1.29 is 14.7 Å². The van der Waals surface area contributed by atoms with Gasteiger partial charge in [0, 0.05) is 12.1 Å². The van der Waals surface area contributed by atoms with E-state index in [4.69, 9.17) is 0 Å². The molecule has 0 aliphatic heterocycles. The van der Waals surface area contributed by atoms with E-state index in [1.807, 2.05) is 17.5 Å².